The number of aliphatic imine (C=N–C) groups is 2. The second-order valence-corrected chi connectivity index (χ2v) is 2.29. The smallest absolute Gasteiger partial charge is 0.206 e. The Labute approximate surface area is 72.3 Å². The third-order valence-electron chi connectivity index (χ3n) is 1.40. The SMILES string of the molecule is CCOC1=NCC(OCC)=NC1. The van der Waals surface area contributed by atoms with Crippen molar-refractivity contribution in [1.29, 1.82) is 0 Å². The lowest BCUT2D eigenvalue weighted by atomic mass is 10.5. The van der Waals surface area contributed by atoms with Crippen LogP contribution >= 0.6 is 0 Å². The summed E-state index contributed by atoms with van der Waals surface area (Å²) in [6, 6.07) is 0. The Morgan fingerprint density at radius 1 is 1.00 bits per heavy atom. The molecular weight excluding hydrogens is 156 g/mol. The number of hydrogen-bond donors (Lipinski definition) is 0. The van der Waals surface area contributed by atoms with Gasteiger partial charge in [0.05, 0.1) is 13.2 Å². The molecule has 68 valence electrons. The van der Waals surface area contributed by atoms with Crippen molar-refractivity contribution in [1.82, 2.24) is 0 Å². The highest BCUT2D eigenvalue weighted by atomic mass is 16.5. The quantitative estimate of drug-likeness (QED) is 0.617. The van der Waals surface area contributed by atoms with E-state index in [9.17, 15) is 0 Å². The molecule has 4 heteroatoms. The van der Waals surface area contributed by atoms with Crippen molar-refractivity contribution in [2.24, 2.45) is 9.98 Å². The Bertz CT molecular complexity index is 177. The summed E-state index contributed by atoms with van der Waals surface area (Å²) in [5.41, 5.74) is 0. The maximum absolute atomic E-state index is 5.20. The molecule has 0 amide bonds. The lowest BCUT2D eigenvalue weighted by Gasteiger charge is -2.12. The van der Waals surface area contributed by atoms with Crippen LogP contribution in [0.3, 0.4) is 0 Å². The van der Waals surface area contributed by atoms with E-state index in [-0.39, 0.29) is 0 Å². The highest BCUT2D eigenvalue weighted by molar-refractivity contribution is 5.89. The molecule has 0 bridgehead atoms. The van der Waals surface area contributed by atoms with Crippen LogP contribution < -0.4 is 0 Å². The van der Waals surface area contributed by atoms with Crippen LogP contribution in [0.1, 0.15) is 13.8 Å². The van der Waals surface area contributed by atoms with E-state index in [0.717, 1.165) is 0 Å². The van der Waals surface area contributed by atoms with Crippen LogP contribution in [-0.2, 0) is 9.47 Å². The van der Waals surface area contributed by atoms with Crippen molar-refractivity contribution in [3.8, 4) is 0 Å². The summed E-state index contributed by atoms with van der Waals surface area (Å²) >= 11 is 0. The molecule has 0 spiro atoms. The normalized spacial score (nSPS) is 16.5. The van der Waals surface area contributed by atoms with Gasteiger partial charge in [-0.15, -0.1) is 0 Å². The minimum atomic E-state index is 0.517. The summed E-state index contributed by atoms with van der Waals surface area (Å²) in [7, 11) is 0. The summed E-state index contributed by atoms with van der Waals surface area (Å²) < 4.78 is 10.4. The van der Waals surface area contributed by atoms with E-state index < -0.39 is 0 Å². The van der Waals surface area contributed by atoms with Gasteiger partial charge in [0.2, 0.25) is 11.8 Å². The first-order valence-electron chi connectivity index (χ1n) is 4.19. The van der Waals surface area contributed by atoms with Crippen LogP contribution in [0, 0.1) is 0 Å². The number of hydrogen-bond acceptors (Lipinski definition) is 4. The number of rotatable bonds is 2. The van der Waals surface area contributed by atoms with Crippen LogP contribution in [-0.4, -0.2) is 38.1 Å². The molecule has 12 heavy (non-hydrogen) atoms. The lowest BCUT2D eigenvalue weighted by molar-refractivity contribution is 0.304. The zero-order chi connectivity index (χ0) is 8.81. The first-order chi connectivity index (χ1) is 5.86. The summed E-state index contributed by atoms with van der Waals surface area (Å²) in [4.78, 5) is 8.32. The Morgan fingerprint density at radius 2 is 1.42 bits per heavy atom. The summed E-state index contributed by atoms with van der Waals surface area (Å²) in [6.45, 7) is 6.21. The molecule has 0 atom stereocenters. The summed E-state index contributed by atoms with van der Waals surface area (Å²) in [5.74, 6) is 1.42. The Balaban J connectivity index is 2.32. The fraction of sp³-hybridized carbons (Fsp3) is 0.750. The van der Waals surface area contributed by atoms with Gasteiger partial charge in [0.1, 0.15) is 13.1 Å². The number of ether oxygens (including phenoxy) is 2. The van der Waals surface area contributed by atoms with Gasteiger partial charge in [0.25, 0.3) is 0 Å². The average Bonchev–Trinajstić information content (AvgIpc) is 2.09. The van der Waals surface area contributed by atoms with Gasteiger partial charge < -0.3 is 9.47 Å². The molecule has 4 nitrogen and oxygen atoms in total. The minimum absolute atomic E-state index is 0.517. The van der Waals surface area contributed by atoms with Crippen LogP contribution in [0.15, 0.2) is 9.98 Å². The van der Waals surface area contributed by atoms with Crippen molar-refractivity contribution >= 4 is 11.8 Å². The van der Waals surface area contributed by atoms with Crippen LogP contribution in [0.25, 0.3) is 0 Å². The molecule has 1 aliphatic rings. The van der Waals surface area contributed by atoms with Crippen LogP contribution in [0.5, 0.6) is 0 Å². The highest BCUT2D eigenvalue weighted by Crippen LogP contribution is 1.96. The second-order valence-electron chi connectivity index (χ2n) is 2.29. The van der Waals surface area contributed by atoms with Gasteiger partial charge in [-0.05, 0) is 13.8 Å². The van der Waals surface area contributed by atoms with Gasteiger partial charge in [0, 0.05) is 0 Å². The predicted octanol–water partition coefficient (Wildman–Crippen LogP) is 0.870. The van der Waals surface area contributed by atoms with Crippen molar-refractivity contribution in [3.63, 3.8) is 0 Å². The average molecular weight is 170 g/mol. The first-order valence-corrected chi connectivity index (χ1v) is 4.19. The summed E-state index contributed by atoms with van der Waals surface area (Å²) in [6.07, 6.45) is 0. The molecule has 1 heterocycles. The molecule has 0 aromatic carbocycles. The summed E-state index contributed by atoms with van der Waals surface area (Å²) in [5, 5.41) is 0. The molecule has 0 unspecified atom stereocenters. The van der Waals surface area contributed by atoms with E-state index in [1.807, 2.05) is 13.8 Å². The Morgan fingerprint density at radius 3 is 1.67 bits per heavy atom. The fourth-order valence-corrected chi connectivity index (χ4v) is 0.927. The predicted molar refractivity (Wildman–Crippen MR) is 47.9 cm³/mol. The largest absolute Gasteiger partial charge is 0.480 e. The highest BCUT2D eigenvalue weighted by Gasteiger charge is 2.08. The van der Waals surface area contributed by atoms with E-state index in [1.165, 1.54) is 0 Å². The van der Waals surface area contributed by atoms with Gasteiger partial charge in [-0.1, -0.05) is 0 Å². The first kappa shape index (κ1) is 9.03. The van der Waals surface area contributed by atoms with Gasteiger partial charge in [-0.3, -0.25) is 0 Å². The maximum atomic E-state index is 5.20. The molecule has 0 fully saturated rings. The molecule has 0 aliphatic carbocycles. The number of nitrogens with zero attached hydrogens (tertiary/aromatic N) is 2. The fourth-order valence-electron chi connectivity index (χ4n) is 0.927. The maximum Gasteiger partial charge on any atom is 0.206 e. The van der Waals surface area contributed by atoms with E-state index in [1.54, 1.807) is 0 Å². The van der Waals surface area contributed by atoms with Crippen LogP contribution in [0.2, 0.25) is 0 Å². The molecule has 0 aromatic heterocycles. The van der Waals surface area contributed by atoms with Crippen molar-refractivity contribution < 1.29 is 9.47 Å². The van der Waals surface area contributed by atoms with Gasteiger partial charge in [0.15, 0.2) is 0 Å². The third kappa shape index (κ3) is 2.53. The standard InChI is InChI=1S/C8H14N2O2/c1-3-11-7-5-10-8(6-9-7)12-4-2/h3-6H2,1-2H3. The second kappa shape index (κ2) is 4.74. The Hall–Kier alpha value is -1.06. The third-order valence-corrected chi connectivity index (χ3v) is 1.40. The van der Waals surface area contributed by atoms with Gasteiger partial charge in [-0.25, -0.2) is 9.98 Å². The molecule has 0 radical (unpaired) electrons. The van der Waals surface area contributed by atoms with Crippen molar-refractivity contribution in [2.75, 3.05) is 26.3 Å². The minimum Gasteiger partial charge on any atom is -0.480 e. The molecule has 1 rings (SSSR count). The van der Waals surface area contributed by atoms with Gasteiger partial charge >= 0.3 is 0 Å². The zero-order valence-corrected chi connectivity index (χ0v) is 7.54. The van der Waals surface area contributed by atoms with E-state index in [2.05, 4.69) is 9.98 Å². The lowest BCUT2D eigenvalue weighted by Crippen LogP contribution is -2.21. The van der Waals surface area contributed by atoms with Gasteiger partial charge in [-0.2, -0.15) is 0 Å². The topological polar surface area (TPSA) is 43.2 Å². The van der Waals surface area contributed by atoms with E-state index >= 15 is 0 Å². The molecule has 0 saturated heterocycles. The van der Waals surface area contributed by atoms with E-state index in [0.29, 0.717) is 38.1 Å². The molecule has 1 aliphatic heterocycles. The molecule has 0 aromatic rings. The molecule has 0 saturated carbocycles. The van der Waals surface area contributed by atoms with Crippen LogP contribution in [0.4, 0.5) is 0 Å². The molecular formula is C8H14N2O2. The van der Waals surface area contributed by atoms with E-state index in [4.69, 9.17) is 9.47 Å². The van der Waals surface area contributed by atoms with Crippen molar-refractivity contribution in [3.05, 3.63) is 0 Å². The van der Waals surface area contributed by atoms with Crippen molar-refractivity contribution in [2.45, 2.75) is 13.8 Å². The monoisotopic (exact) mass is 170 g/mol. The Kier molecular flexibility index (Phi) is 3.57. The zero-order valence-electron chi connectivity index (χ0n) is 7.54. The molecule has 0 N–H and O–H groups in total.